The van der Waals surface area contributed by atoms with Crippen molar-refractivity contribution in [3.63, 3.8) is 0 Å². The quantitative estimate of drug-likeness (QED) is 0.920. The maximum absolute atomic E-state index is 12.4. The lowest BCUT2D eigenvalue weighted by Crippen LogP contribution is -2.39. The molecule has 8 heteroatoms. The number of aliphatic hydroxyl groups is 1. The van der Waals surface area contributed by atoms with Crippen molar-refractivity contribution in [2.45, 2.75) is 19.0 Å². The molecule has 1 N–H and O–H groups in total. The van der Waals surface area contributed by atoms with Crippen LogP contribution >= 0.6 is 0 Å². The highest BCUT2D eigenvalue weighted by molar-refractivity contribution is 5.96. The Morgan fingerprint density at radius 2 is 2.09 bits per heavy atom. The van der Waals surface area contributed by atoms with E-state index in [0.717, 1.165) is 0 Å². The molecule has 2 heterocycles. The molecule has 1 aliphatic heterocycles. The van der Waals surface area contributed by atoms with Crippen LogP contribution in [0.4, 0.5) is 13.2 Å². The van der Waals surface area contributed by atoms with E-state index in [9.17, 15) is 18.0 Å². The Morgan fingerprint density at radius 1 is 1.41 bits per heavy atom. The van der Waals surface area contributed by atoms with Crippen molar-refractivity contribution in [1.29, 1.82) is 0 Å². The Morgan fingerprint density at radius 3 is 2.68 bits per heavy atom. The van der Waals surface area contributed by atoms with Crippen LogP contribution in [0.2, 0.25) is 0 Å². The molecule has 0 radical (unpaired) electrons. The molecule has 0 aliphatic carbocycles. The van der Waals surface area contributed by atoms with Gasteiger partial charge >= 0.3 is 6.18 Å². The van der Waals surface area contributed by atoms with Gasteiger partial charge in [-0.1, -0.05) is 0 Å². The first-order valence-corrected chi connectivity index (χ1v) is 6.95. The zero-order valence-electron chi connectivity index (χ0n) is 11.8. The number of hydrogen-bond acceptors (Lipinski definition) is 4. The lowest BCUT2D eigenvalue weighted by atomic mass is 9.97. The number of alkyl halides is 3. The predicted molar refractivity (Wildman–Crippen MR) is 71.5 cm³/mol. The van der Waals surface area contributed by atoms with Crippen LogP contribution in [-0.4, -0.2) is 53.4 Å². The minimum absolute atomic E-state index is 0.0224. The standard InChI is InChI=1S/C14H17F3N2O3/c15-14(16,17)9-22-12-11(2-1-5-18-12)13(21)19-6-3-10(8-20)4-7-19/h1-2,5,10,20H,3-4,6-9H2. The van der Waals surface area contributed by atoms with Crippen molar-refractivity contribution in [2.24, 2.45) is 5.92 Å². The second-order valence-electron chi connectivity index (χ2n) is 5.18. The molecule has 0 unspecified atom stereocenters. The molecule has 1 fully saturated rings. The molecule has 5 nitrogen and oxygen atoms in total. The largest absolute Gasteiger partial charge is 0.467 e. The second kappa shape index (κ2) is 6.95. The van der Waals surface area contributed by atoms with Crippen LogP contribution in [0.3, 0.4) is 0 Å². The molecule has 1 amide bonds. The summed E-state index contributed by atoms with van der Waals surface area (Å²) in [7, 11) is 0. The Kier molecular flexibility index (Phi) is 5.23. The van der Waals surface area contributed by atoms with E-state index in [1.165, 1.54) is 18.3 Å². The van der Waals surface area contributed by atoms with Crippen molar-refractivity contribution in [1.82, 2.24) is 9.88 Å². The number of carbonyl (C=O) groups is 1. The van der Waals surface area contributed by atoms with Crippen LogP contribution in [0.5, 0.6) is 5.88 Å². The molecule has 122 valence electrons. The van der Waals surface area contributed by atoms with Gasteiger partial charge in [0.05, 0.1) is 0 Å². The van der Waals surface area contributed by atoms with Crippen LogP contribution in [0.1, 0.15) is 23.2 Å². The highest BCUT2D eigenvalue weighted by atomic mass is 19.4. The van der Waals surface area contributed by atoms with Gasteiger partial charge in [0.15, 0.2) is 6.61 Å². The summed E-state index contributed by atoms with van der Waals surface area (Å²) in [6.45, 7) is -0.499. The topological polar surface area (TPSA) is 62.7 Å². The van der Waals surface area contributed by atoms with Crippen molar-refractivity contribution in [3.8, 4) is 5.88 Å². The Balaban J connectivity index is 2.06. The Bertz CT molecular complexity index is 514. The van der Waals surface area contributed by atoms with Gasteiger partial charge in [0.2, 0.25) is 5.88 Å². The fraction of sp³-hybridized carbons (Fsp3) is 0.571. The summed E-state index contributed by atoms with van der Waals surface area (Å²) in [6, 6.07) is 2.88. The van der Waals surface area contributed by atoms with Gasteiger partial charge in [-0.25, -0.2) is 4.98 Å². The van der Waals surface area contributed by atoms with Gasteiger partial charge in [0.25, 0.3) is 5.91 Å². The van der Waals surface area contributed by atoms with E-state index in [1.54, 1.807) is 4.90 Å². The number of halogens is 3. The summed E-state index contributed by atoms with van der Waals surface area (Å²) in [4.78, 5) is 17.7. The summed E-state index contributed by atoms with van der Waals surface area (Å²) < 4.78 is 41.3. The number of aliphatic hydroxyl groups excluding tert-OH is 1. The van der Waals surface area contributed by atoms with Crippen LogP contribution < -0.4 is 4.74 Å². The van der Waals surface area contributed by atoms with Gasteiger partial charge < -0.3 is 14.7 Å². The minimum atomic E-state index is -4.49. The number of pyridine rings is 1. The molecule has 0 aromatic carbocycles. The molecule has 1 aromatic rings. The number of carbonyl (C=O) groups excluding carboxylic acids is 1. The van der Waals surface area contributed by atoms with Crippen molar-refractivity contribution in [2.75, 3.05) is 26.3 Å². The molecule has 1 aliphatic rings. The molecule has 2 rings (SSSR count). The van der Waals surface area contributed by atoms with Gasteiger partial charge in [-0.15, -0.1) is 0 Å². The predicted octanol–water partition coefficient (Wildman–Crippen LogP) is 1.87. The van der Waals surface area contributed by atoms with E-state index in [1.807, 2.05) is 0 Å². The highest BCUT2D eigenvalue weighted by Gasteiger charge is 2.30. The van der Waals surface area contributed by atoms with Gasteiger partial charge in [-0.3, -0.25) is 4.79 Å². The number of nitrogens with zero attached hydrogens (tertiary/aromatic N) is 2. The fourth-order valence-electron chi connectivity index (χ4n) is 2.31. The Labute approximate surface area is 125 Å². The number of hydrogen-bond donors (Lipinski definition) is 1. The van der Waals surface area contributed by atoms with Crippen molar-refractivity contribution in [3.05, 3.63) is 23.9 Å². The number of ether oxygens (including phenoxy) is 1. The fourth-order valence-corrected chi connectivity index (χ4v) is 2.31. The van der Waals surface area contributed by atoms with E-state index in [4.69, 9.17) is 5.11 Å². The molecule has 0 spiro atoms. The molecule has 0 bridgehead atoms. The summed E-state index contributed by atoms with van der Waals surface area (Å²) in [5, 5.41) is 9.08. The van der Waals surface area contributed by atoms with Gasteiger partial charge in [0, 0.05) is 25.9 Å². The molecule has 1 aromatic heterocycles. The van der Waals surface area contributed by atoms with Gasteiger partial charge in [-0.2, -0.15) is 13.2 Å². The number of piperidine rings is 1. The number of aromatic nitrogens is 1. The van der Waals surface area contributed by atoms with Gasteiger partial charge in [-0.05, 0) is 30.9 Å². The maximum Gasteiger partial charge on any atom is 0.422 e. The van der Waals surface area contributed by atoms with E-state index < -0.39 is 18.7 Å². The molecule has 22 heavy (non-hydrogen) atoms. The van der Waals surface area contributed by atoms with Crippen molar-refractivity contribution >= 4 is 5.91 Å². The third kappa shape index (κ3) is 4.33. The Hall–Kier alpha value is -1.83. The van der Waals surface area contributed by atoms with Crippen LogP contribution in [0.15, 0.2) is 18.3 Å². The summed E-state index contributed by atoms with van der Waals surface area (Å²) in [6.07, 6.45) is -1.87. The van der Waals surface area contributed by atoms with Gasteiger partial charge in [0.1, 0.15) is 5.56 Å². The SMILES string of the molecule is O=C(c1cccnc1OCC(F)(F)F)N1CCC(CO)CC1. The maximum atomic E-state index is 12.4. The monoisotopic (exact) mass is 318 g/mol. The lowest BCUT2D eigenvalue weighted by Gasteiger charge is -2.31. The van der Waals surface area contributed by atoms with E-state index in [2.05, 4.69) is 9.72 Å². The normalized spacial score (nSPS) is 16.6. The lowest BCUT2D eigenvalue weighted by molar-refractivity contribution is -0.154. The van der Waals surface area contributed by atoms with E-state index in [-0.39, 0.29) is 24.0 Å². The average molecular weight is 318 g/mol. The molecule has 0 saturated carbocycles. The first kappa shape index (κ1) is 16.5. The number of rotatable bonds is 4. The van der Waals surface area contributed by atoms with Crippen molar-refractivity contribution < 1.29 is 27.8 Å². The summed E-state index contributed by atoms with van der Waals surface area (Å²) in [5.74, 6) is -0.547. The third-order valence-electron chi connectivity index (χ3n) is 3.53. The average Bonchev–Trinajstić information content (AvgIpc) is 2.52. The summed E-state index contributed by atoms with van der Waals surface area (Å²) >= 11 is 0. The number of likely N-dealkylation sites (tertiary alicyclic amines) is 1. The zero-order valence-corrected chi connectivity index (χ0v) is 11.8. The molecular weight excluding hydrogens is 301 g/mol. The van der Waals surface area contributed by atoms with E-state index >= 15 is 0 Å². The second-order valence-corrected chi connectivity index (χ2v) is 5.18. The minimum Gasteiger partial charge on any atom is -0.467 e. The number of amides is 1. The van der Waals surface area contributed by atoms with Crippen LogP contribution in [0.25, 0.3) is 0 Å². The summed E-state index contributed by atoms with van der Waals surface area (Å²) in [5.41, 5.74) is 0.0224. The first-order valence-electron chi connectivity index (χ1n) is 6.95. The first-order chi connectivity index (χ1) is 10.4. The molecule has 0 atom stereocenters. The van der Waals surface area contributed by atoms with Crippen LogP contribution in [-0.2, 0) is 0 Å². The zero-order chi connectivity index (χ0) is 16.2. The highest BCUT2D eigenvalue weighted by Crippen LogP contribution is 2.23. The van der Waals surface area contributed by atoms with Crippen LogP contribution in [0, 0.1) is 5.92 Å². The smallest absolute Gasteiger partial charge is 0.422 e. The third-order valence-corrected chi connectivity index (χ3v) is 3.53. The molecular formula is C14H17F3N2O3. The van der Waals surface area contributed by atoms with E-state index in [0.29, 0.717) is 25.9 Å². The molecule has 1 saturated heterocycles.